The number of fused-ring (bicyclic) bond motifs is 1. The van der Waals surface area contributed by atoms with E-state index in [1.54, 1.807) is 12.1 Å². The van der Waals surface area contributed by atoms with Gasteiger partial charge in [-0.15, -0.1) is 0 Å². The van der Waals surface area contributed by atoms with E-state index >= 15 is 0 Å². The normalized spacial score (nSPS) is 18.4. The Kier molecular flexibility index (Phi) is 3.61. The van der Waals surface area contributed by atoms with Crippen molar-refractivity contribution >= 4 is 0 Å². The van der Waals surface area contributed by atoms with Crippen LogP contribution in [0.3, 0.4) is 0 Å². The molecule has 1 heterocycles. The lowest BCUT2D eigenvalue weighted by molar-refractivity contribution is 0.295. The second kappa shape index (κ2) is 5.55. The number of hydrogen-bond acceptors (Lipinski definition) is 3. The number of phenols is 1. The Morgan fingerprint density at radius 3 is 2.80 bits per heavy atom. The van der Waals surface area contributed by atoms with Crippen molar-refractivity contribution in [1.29, 1.82) is 0 Å². The fraction of sp³-hybridized carbons (Fsp3) is 0.294. The van der Waals surface area contributed by atoms with Crippen LogP contribution in [0.5, 0.6) is 11.5 Å². The highest BCUT2D eigenvalue weighted by Gasteiger charge is 2.26. The van der Waals surface area contributed by atoms with Crippen LogP contribution in [-0.4, -0.2) is 11.7 Å². The molecular weight excluding hydrogens is 250 g/mol. The lowest BCUT2D eigenvalue weighted by Crippen LogP contribution is -2.27. The van der Waals surface area contributed by atoms with E-state index in [-0.39, 0.29) is 11.8 Å². The molecule has 2 unspecified atom stereocenters. The van der Waals surface area contributed by atoms with Gasteiger partial charge in [0, 0.05) is 17.7 Å². The molecule has 3 rings (SSSR count). The van der Waals surface area contributed by atoms with Crippen LogP contribution in [-0.2, 0) is 0 Å². The minimum atomic E-state index is 0.177. The Bertz CT molecular complexity index is 583. The summed E-state index contributed by atoms with van der Waals surface area (Å²) in [6.07, 6.45) is 1.02. The first-order valence-corrected chi connectivity index (χ1v) is 7.04. The van der Waals surface area contributed by atoms with E-state index in [0.29, 0.717) is 12.6 Å². The topological polar surface area (TPSA) is 41.5 Å². The maximum absolute atomic E-state index is 9.49. The summed E-state index contributed by atoms with van der Waals surface area (Å²) in [6.45, 7) is 2.79. The number of ether oxygens (including phenoxy) is 1. The van der Waals surface area contributed by atoms with Crippen molar-refractivity contribution in [3.63, 3.8) is 0 Å². The van der Waals surface area contributed by atoms with E-state index in [9.17, 15) is 5.11 Å². The van der Waals surface area contributed by atoms with Gasteiger partial charge in [-0.3, -0.25) is 0 Å². The highest BCUT2D eigenvalue weighted by molar-refractivity contribution is 5.44. The fourth-order valence-electron chi connectivity index (χ4n) is 2.71. The van der Waals surface area contributed by atoms with Gasteiger partial charge in [-0.2, -0.15) is 0 Å². The summed E-state index contributed by atoms with van der Waals surface area (Å²) in [6, 6.07) is 16.3. The molecule has 0 spiro atoms. The summed E-state index contributed by atoms with van der Waals surface area (Å²) < 4.78 is 5.65. The molecule has 0 radical (unpaired) electrons. The van der Waals surface area contributed by atoms with Crippen LogP contribution >= 0.6 is 0 Å². The second-order valence-corrected chi connectivity index (χ2v) is 5.12. The third-order valence-corrected chi connectivity index (χ3v) is 3.79. The average molecular weight is 269 g/mol. The standard InChI is InChI=1S/C17H19NO2/c1-2-15(12-6-4-3-5-7-12)18-16-11-20-17-10-13(19)8-9-14(16)17/h3-10,15-16,18-19H,2,11H2,1H3. The summed E-state index contributed by atoms with van der Waals surface area (Å²) in [7, 11) is 0. The van der Waals surface area contributed by atoms with Crippen molar-refractivity contribution in [3.8, 4) is 11.5 Å². The Morgan fingerprint density at radius 2 is 2.05 bits per heavy atom. The lowest BCUT2D eigenvalue weighted by atomic mass is 10.0. The molecule has 2 aromatic rings. The van der Waals surface area contributed by atoms with Crippen molar-refractivity contribution in [2.45, 2.75) is 25.4 Å². The molecule has 1 aliphatic rings. The Hall–Kier alpha value is -2.00. The van der Waals surface area contributed by atoms with Gasteiger partial charge in [0.1, 0.15) is 18.1 Å². The van der Waals surface area contributed by atoms with Gasteiger partial charge in [0.25, 0.3) is 0 Å². The molecule has 0 saturated heterocycles. The molecule has 0 amide bonds. The maximum atomic E-state index is 9.49. The minimum absolute atomic E-state index is 0.177. The molecule has 3 heteroatoms. The Balaban J connectivity index is 1.79. The highest BCUT2D eigenvalue weighted by atomic mass is 16.5. The molecule has 3 nitrogen and oxygen atoms in total. The summed E-state index contributed by atoms with van der Waals surface area (Å²) in [5.41, 5.74) is 2.42. The van der Waals surface area contributed by atoms with E-state index in [4.69, 9.17) is 4.74 Å². The van der Waals surface area contributed by atoms with Gasteiger partial charge in [-0.05, 0) is 24.1 Å². The van der Waals surface area contributed by atoms with Crippen molar-refractivity contribution < 1.29 is 9.84 Å². The van der Waals surface area contributed by atoms with E-state index in [2.05, 4.69) is 36.5 Å². The quantitative estimate of drug-likeness (QED) is 0.891. The molecule has 2 aromatic carbocycles. The molecule has 0 saturated carbocycles. The highest BCUT2D eigenvalue weighted by Crippen LogP contribution is 2.36. The lowest BCUT2D eigenvalue weighted by Gasteiger charge is -2.21. The Labute approximate surface area is 119 Å². The molecule has 0 aromatic heterocycles. The van der Waals surface area contributed by atoms with Crippen molar-refractivity contribution in [3.05, 3.63) is 59.7 Å². The third kappa shape index (κ3) is 2.49. The van der Waals surface area contributed by atoms with Crippen LogP contribution in [0.15, 0.2) is 48.5 Å². The average Bonchev–Trinajstić information content (AvgIpc) is 2.87. The zero-order chi connectivity index (χ0) is 13.9. The number of hydrogen-bond donors (Lipinski definition) is 2. The van der Waals surface area contributed by atoms with Crippen LogP contribution in [0.2, 0.25) is 0 Å². The minimum Gasteiger partial charge on any atom is -0.508 e. The van der Waals surface area contributed by atoms with Gasteiger partial charge >= 0.3 is 0 Å². The summed E-state index contributed by atoms with van der Waals surface area (Å²) in [5, 5.41) is 13.1. The summed E-state index contributed by atoms with van der Waals surface area (Å²) in [5.74, 6) is 1.03. The number of rotatable bonds is 4. The zero-order valence-electron chi connectivity index (χ0n) is 11.5. The van der Waals surface area contributed by atoms with E-state index < -0.39 is 0 Å². The van der Waals surface area contributed by atoms with E-state index in [0.717, 1.165) is 17.7 Å². The van der Waals surface area contributed by atoms with Gasteiger partial charge in [-0.1, -0.05) is 37.3 Å². The first kappa shape index (κ1) is 13.0. The van der Waals surface area contributed by atoms with Crippen LogP contribution < -0.4 is 10.1 Å². The van der Waals surface area contributed by atoms with Gasteiger partial charge < -0.3 is 15.2 Å². The largest absolute Gasteiger partial charge is 0.508 e. The van der Waals surface area contributed by atoms with Gasteiger partial charge in [0.05, 0.1) is 6.04 Å². The van der Waals surface area contributed by atoms with Crippen LogP contribution in [0.25, 0.3) is 0 Å². The molecule has 0 fully saturated rings. The molecule has 0 aliphatic carbocycles. The van der Waals surface area contributed by atoms with Crippen LogP contribution in [0, 0.1) is 0 Å². The zero-order valence-corrected chi connectivity index (χ0v) is 11.5. The SMILES string of the molecule is CCC(NC1COc2cc(O)ccc21)c1ccccc1. The molecule has 104 valence electrons. The van der Waals surface area contributed by atoms with Crippen LogP contribution in [0.4, 0.5) is 0 Å². The van der Waals surface area contributed by atoms with Gasteiger partial charge in [0.2, 0.25) is 0 Å². The monoisotopic (exact) mass is 269 g/mol. The van der Waals surface area contributed by atoms with Gasteiger partial charge in [0.15, 0.2) is 0 Å². The number of nitrogens with one attached hydrogen (secondary N) is 1. The first-order chi connectivity index (χ1) is 9.78. The third-order valence-electron chi connectivity index (χ3n) is 3.79. The Morgan fingerprint density at radius 1 is 1.25 bits per heavy atom. The predicted octanol–water partition coefficient (Wildman–Crippen LogP) is 3.57. The number of benzene rings is 2. The van der Waals surface area contributed by atoms with Crippen LogP contribution in [0.1, 0.15) is 36.6 Å². The summed E-state index contributed by atoms with van der Waals surface area (Å²) >= 11 is 0. The molecule has 2 atom stereocenters. The van der Waals surface area contributed by atoms with E-state index in [1.165, 1.54) is 5.56 Å². The summed E-state index contributed by atoms with van der Waals surface area (Å²) in [4.78, 5) is 0. The molecule has 2 N–H and O–H groups in total. The van der Waals surface area contributed by atoms with Crippen molar-refractivity contribution in [1.82, 2.24) is 5.32 Å². The van der Waals surface area contributed by atoms with Gasteiger partial charge in [-0.25, -0.2) is 0 Å². The smallest absolute Gasteiger partial charge is 0.127 e. The van der Waals surface area contributed by atoms with Crippen molar-refractivity contribution in [2.24, 2.45) is 0 Å². The first-order valence-electron chi connectivity index (χ1n) is 7.04. The molecule has 20 heavy (non-hydrogen) atoms. The second-order valence-electron chi connectivity index (χ2n) is 5.12. The maximum Gasteiger partial charge on any atom is 0.127 e. The molecule has 1 aliphatic heterocycles. The predicted molar refractivity (Wildman–Crippen MR) is 79.0 cm³/mol. The number of phenolic OH excluding ortho intramolecular Hbond substituents is 1. The van der Waals surface area contributed by atoms with Crippen molar-refractivity contribution in [2.75, 3.05) is 6.61 Å². The number of aromatic hydroxyl groups is 1. The fourth-order valence-corrected chi connectivity index (χ4v) is 2.71. The molecule has 0 bridgehead atoms. The van der Waals surface area contributed by atoms with E-state index in [1.807, 2.05) is 12.1 Å². The molecular formula is C17H19NO2.